The largest absolute Gasteiger partial charge is 0.331 e. The summed E-state index contributed by atoms with van der Waals surface area (Å²) in [6, 6.07) is 1.32. The molecule has 0 unspecified atom stereocenters. The van der Waals surface area contributed by atoms with Gasteiger partial charge in [0.15, 0.2) is 0 Å². The van der Waals surface area contributed by atoms with E-state index in [-0.39, 0.29) is 16.5 Å². The van der Waals surface area contributed by atoms with Gasteiger partial charge in [0, 0.05) is 6.20 Å². The molecule has 0 aliphatic carbocycles. The molecular weight excluding hydrogens is 184 g/mol. The van der Waals surface area contributed by atoms with E-state index in [2.05, 4.69) is 10.4 Å². The van der Waals surface area contributed by atoms with Crippen LogP contribution in [-0.4, -0.2) is 9.91 Å². The Bertz CT molecular complexity index is 316. The second kappa shape index (κ2) is 3.33. The fourth-order valence-electron chi connectivity index (χ4n) is 0.710. The van der Waals surface area contributed by atoms with E-state index in [1.54, 1.807) is 0 Å². The fourth-order valence-corrected chi connectivity index (χ4v) is 0.925. The molecule has 1 rings (SSSR count). The molecule has 0 saturated heterocycles. The number of nitrogens with two attached hydrogens (primary N) is 1. The molecule has 0 aromatic carbocycles. The van der Waals surface area contributed by atoms with Crippen LogP contribution in [0.4, 0.5) is 11.5 Å². The van der Waals surface area contributed by atoms with E-state index in [0.717, 1.165) is 0 Å². The van der Waals surface area contributed by atoms with Gasteiger partial charge in [0.05, 0.1) is 4.92 Å². The SMILES string of the molecule is NNc1nccc(Cl)c1[N+](=O)[O-]. The highest BCUT2D eigenvalue weighted by molar-refractivity contribution is 6.33. The lowest BCUT2D eigenvalue weighted by molar-refractivity contribution is -0.384. The Morgan fingerprint density at radius 3 is 2.83 bits per heavy atom. The molecule has 1 aromatic heterocycles. The van der Waals surface area contributed by atoms with Gasteiger partial charge in [0.1, 0.15) is 5.02 Å². The maximum absolute atomic E-state index is 10.4. The third kappa shape index (κ3) is 1.44. The van der Waals surface area contributed by atoms with E-state index in [1.165, 1.54) is 12.3 Å². The Morgan fingerprint density at radius 1 is 1.75 bits per heavy atom. The van der Waals surface area contributed by atoms with Crippen LogP contribution < -0.4 is 11.3 Å². The molecule has 3 N–H and O–H groups in total. The molecule has 1 heterocycles. The molecule has 0 radical (unpaired) electrons. The smallest absolute Gasteiger partial charge is 0.303 e. The van der Waals surface area contributed by atoms with Crippen molar-refractivity contribution in [2.75, 3.05) is 5.43 Å². The Hall–Kier alpha value is -1.40. The highest BCUT2D eigenvalue weighted by Crippen LogP contribution is 2.29. The molecule has 0 aliphatic heterocycles. The summed E-state index contributed by atoms with van der Waals surface area (Å²) in [7, 11) is 0. The first kappa shape index (κ1) is 8.69. The minimum atomic E-state index is -0.648. The zero-order valence-corrected chi connectivity index (χ0v) is 6.58. The fraction of sp³-hybridized carbons (Fsp3) is 0. The number of nitrogen functional groups attached to an aromatic ring is 1. The van der Waals surface area contributed by atoms with E-state index in [9.17, 15) is 10.1 Å². The van der Waals surface area contributed by atoms with Gasteiger partial charge in [-0.3, -0.25) is 10.1 Å². The van der Waals surface area contributed by atoms with Crippen molar-refractivity contribution in [3.8, 4) is 0 Å². The first-order valence-corrected chi connectivity index (χ1v) is 3.30. The monoisotopic (exact) mass is 188 g/mol. The lowest BCUT2D eigenvalue weighted by Gasteiger charge is -2.00. The molecule has 0 spiro atoms. The summed E-state index contributed by atoms with van der Waals surface area (Å²) in [5.41, 5.74) is 1.76. The first-order chi connectivity index (χ1) is 5.66. The number of hydrogen-bond donors (Lipinski definition) is 2. The van der Waals surface area contributed by atoms with Crippen LogP contribution in [-0.2, 0) is 0 Å². The number of hydrogen-bond acceptors (Lipinski definition) is 5. The maximum atomic E-state index is 10.4. The van der Waals surface area contributed by atoms with Crippen molar-refractivity contribution in [2.24, 2.45) is 5.84 Å². The minimum absolute atomic E-state index is 0.00273. The van der Waals surface area contributed by atoms with Gasteiger partial charge >= 0.3 is 5.69 Å². The third-order valence-corrected chi connectivity index (χ3v) is 1.50. The lowest BCUT2D eigenvalue weighted by Crippen LogP contribution is -2.10. The first-order valence-electron chi connectivity index (χ1n) is 2.92. The Morgan fingerprint density at radius 2 is 2.42 bits per heavy atom. The van der Waals surface area contributed by atoms with Crippen molar-refractivity contribution in [3.63, 3.8) is 0 Å². The van der Waals surface area contributed by atoms with Crippen LogP contribution in [0.3, 0.4) is 0 Å². The predicted molar refractivity (Wildman–Crippen MR) is 43.7 cm³/mol. The van der Waals surface area contributed by atoms with Gasteiger partial charge in [0.25, 0.3) is 0 Å². The maximum Gasteiger partial charge on any atom is 0.331 e. The summed E-state index contributed by atoms with van der Waals surface area (Å²) in [4.78, 5) is 13.4. The average molecular weight is 189 g/mol. The number of aromatic nitrogens is 1. The number of nitro groups is 1. The van der Waals surface area contributed by atoms with Crippen molar-refractivity contribution >= 4 is 23.1 Å². The molecule has 0 atom stereocenters. The molecule has 0 bridgehead atoms. The second-order valence-electron chi connectivity index (χ2n) is 1.89. The summed E-state index contributed by atoms with van der Waals surface area (Å²) < 4.78 is 0. The summed E-state index contributed by atoms with van der Waals surface area (Å²) in [5.74, 6) is 4.93. The van der Waals surface area contributed by atoms with E-state index in [4.69, 9.17) is 17.4 Å². The number of hydrazine groups is 1. The molecule has 1 aromatic rings. The molecule has 0 fully saturated rings. The van der Waals surface area contributed by atoms with E-state index >= 15 is 0 Å². The van der Waals surface area contributed by atoms with Crippen LogP contribution in [0.2, 0.25) is 5.02 Å². The predicted octanol–water partition coefficient (Wildman–Crippen LogP) is 0.929. The summed E-state index contributed by atoms with van der Waals surface area (Å²) in [6.45, 7) is 0. The summed E-state index contributed by atoms with van der Waals surface area (Å²) >= 11 is 5.53. The molecule has 0 aliphatic rings. The van der Waals surface area contributed by atoms with Gasteiger partial charge < -0.3 is 5.43 Å². The van der Waals surface area contributed by atoms with E-state index in [0.29, 0.717) is 0 Å². The van der Waals surface area contributed by atoms with Crippen LogP contribution in [0.5, 0.6) is 0 Å². The number of nitrogens with zero attached hydrogens (tertiary/aromatic N) is 2. The number of pyridine rings is 1. The number of anilines is 1. The third-order valence-electron chi connectivity index (χ3n) is 1.19. The molecule has 6 nitrogen and oxygen atoms in total. The summed E-state index contributed by atoms with van der Waals surface area (Å²) in [5, 5.41) is 10.4. The topological polar surface area (TPSA) is 94.1 Å². The molecule has 12 heavy (non-hydrogen) atoms. The Labute approximate surface area is 72.5 Å². The molecule has 7 heteroatoms. The zero-order valence-electron chi connectivity index (χ0n) is 5.82. The van der Waals surface area contributed by atoms with Crippen LogP contribution in [0, 0.1) is 10.1 Å². The van der Waals surface area contributed by atoms with Crippen molar-refractivity contribution in [3.05, 3.63) is 27.4 Å². The van der Waals surface area contributed by atoms with Crippen LogP contribution in [0.1, 0.15) is 0 Å². The van der Waals surface area contributed by atoms with Crippen molar-refractivity contribution < 1.29 is 4.92 Å². The number of halogens is 1. The normalized spacial score (nSPS) is 9.50. The number of rotatable bonds is 2. The lowest BCUT2D eigenvalue weighted by atomic mass is 10.4. The highest BCUT2D eigenvalue weighted by Gasteiger charge is 2.18. The standard InChI is InChI=1S/C5H5ClN4O2/c6-3-1-2-8-5(9-7)4(3)10(11)12/h1-2H,7H2,(H,8,9). The molecule has 0 amide bonds. The molecule has 0 saturated carbocycles. The quantitative estimate of drug-likeness (QED) is 0.409. The van der Waals surface area contributed by atoms with Crippen LogP contribution in [0.25, 0.3) is 0 Å². The summed E-state index contributed by atoms with van der Waals surface area (Å²) in [6.07, 6.45) is 1.32. The molecular formula is C5H5ClN4O2. The van der Waals surface area contributed by atoms with Crippen molar-refractivity contribution in [1.82, 2.24) is 4.98 Å². The minimum Gasteiger partial charge on any atom is -0.303 e. The van der Waals surface area contributed by atoms with Crippen molar-refractivity contribution in [2.45, 2.75) is 0 Å². The second-order valence-corrected chi connectivity index (χ2v) is 2.30. The van der Waals surface area contributed by atoms with Crippen LogP contribution >= 0.6 is 11.6 Å². The van der Waals surface area contributed by atoms with Gasteiger partial charge in [-0.15, -0.1) is 0 Å². The Kier molecular flexibility index (Phi) is 2.41. The van der Waals surface area contributed by atoms with Gasteiger partial charge in [-0.2, -0.15) is 0 Å². The van der Waals surface area contributed by atoms with E-state index < -0.39 is 4.92 Å². The molecule has 64 valence electrons. The van der Waals surface area contributed by atoms with Crippen molar-refractivity contribution in [1.29, 1.82) is 0 Å². The van der Waals surface area contributed by atoms with Gasteiger partial charge in [-0.05, 0) is 6.07 Å². The van der Waals surface area contributed by atoms with Crippen LogP contribution in [0.15, 0.2) is 12.3 Å². The highest BCUT2D eigenvalue weighted by atomic mass is 35.5. The zero-order chi connectivity index (χ0) is 9.14. The van der Waals surface area contributed by atoms with Gasteiger partial charge in [-0.25, -0.2) is 10.8 Å². The van der Waals surface area contributed by atoms with Gasteiger partial charge in [-0.1, -0.05) is 11.6 Å². The Balaban J connectivity index is 3.29. The van der Waals surface area contributed by atoms with Gasteiger partial charge in [0.2, 0.25) is 5.82 Å². The number of nitrogens with one attached hydrogen (secondary N) is 1. The van der Waals surface area contributed by atoms with E-state index in [1.807, 2.05) is 0 Å². The average Bonchev–Trinajstić information content (AvgIpc) is 2.03.